The Labute approximate surface area is 103 Å². The van der Waals surface area contributed by atoms with Gasteiger partial charge in [0.2, 0.25) is 0 Å². The zero-order valence-corrected chi connectivity index (χ0v) is 9.69. The van der Waals surface area contributed by atoms with Gasteiger partial charge in [-0.05, 0) is 42.0 Å². The van der Waals surface area contributed by atoms with E-state index in [4.69, 9.17) is 28.9 Å². The third kappa shape index (κ3) is 2.29. The van der Waals surface area contributed by atoms with Crippen molar-refractivity contribution >= 4 is 28.9 Å². The van der Waals surface area contributed by atoms with Crippen molar-refractivity contribution in [2.45, 2.75) is 0 Å². The van der Waals surface area contributed by atoms with E-state index in [9.17, 15) is 4.39 Å². The molecule has 0 saturated heterocycles. The monoisotopic (exact) mass is 255 g/mol. The minimum atomic E-state index is -0.390. The fourth-order valence-electron chi connectivity index (χ4n) is 1.47. The topological polar surface area (TPSA) is 26.0 Å². The number of rotatable bonds is 1. The number of benzene rings is 2. The molecule has 82 valence electrons. The number of halogens is 3. The quantitative estimate of drug-likeness (QED) is 0.752. The van der Waals surface area contributed by atoms with Gasteiger partial charge in [-0.1, -0.05) is 23.2 Å². The van der Waals surface area contributed by atoms with Crippen molar-refractivity contribution in [2.75, 3.05) is 5.73 Å². The van der Waals surface area contributed by atoms with E-state index < -0.39 is 5.82 Å². The highest BCUT2D eigenvalue weighted by Crippen LogP contribution is 2.29. The molecular weight excluding hydrogens is 248 g/mol. The van der Waals surface area contributed by atoms with E-state index >= 15 is 0 Å². The molecule has 1 nitrogen and oxygen atoms in total. The number of hydrogen-bond donors (Lipinski definition) is 1. The molecule has 2 aromatic carbocycles. The van der Waals surface area contributed by atoms with Crippen LogP contribution >= 0.6 is 23.2 Å². The van der Waals surface area contributed by atoms with Gasteiger partial charge in [0.05, 0.1) is 0 Å². The molecule has 0 aliphatic carbocycles. The third-order valence-corrected chi connectivity index (χ3v) is 2.60. The Morgan fingerprint density at radius 3 is 2.12 bits per heavy atom. The summed E-state index contributed by atoms with van der Waals surface area (Å²) in [4.78, 5) is 0. The zero-order valence-electron chi connectivity index (χ0n) is 8.18. The lowest BCUT2D eigenvalue weighted by Crippen LogP contribution is -1.89. The van der Waals surface area contributed by atoms with Crippen molar-refractivity contribution in [1.82, 2.24) is 0 Å². The minimum Gasteiger partial charge on any atom is -0.399 e. The molecule has 2 rings (SSSR count). The molecular formula is C12H8Cl2FN. The molecule has 0 fully saturated rings. The SMILES string of the molecule is Nc1ccc(-c2cc(Cl)cc(Cl)c2)c(F)c1. The van der Waals surface area contributed by atoms with Crippen LogP contribution in [-0.4, -0.2) is 0 Å². The standard InChI is InChI=1S/C12H8Cl2FN/c13-8-3-7(4-9(14)5-8)11-2-1-10(16)6-12(11)15/h1-6H,16H2. The van der Waals surface area contributed by atoms with Gasteiger partial charge >= 0.3 is 0 Å². The summed E-state index contributed by atoms with van der Waals surface area (Å²) in [7, 11) is 0. The van der Waals surface area contributed by atoms with Crippen LogP contribution in [0.5, 0.6) is 0 Å². The van der Waals surface area contributed by atoms with Gasteiger partial charge in [0.15, 0.2) is 0 Å². The predicted molar refractivity (Wildman–Crippen MR) is 66.3 cm³/mol. The Balaban J connectivity index is 2.58. The summed E-state index contributed by atoms with van der Waals surface area (Å²) < 4.78 is 13.6. The summed E-state index contributed by atoms with van der Waals surface area (Å²) in [6, 6.07) is 9.41. The molecule has 0 aliphatic heterocycles. The van der Waals surface area contributed by atoms with Crippen LogP contribution in [-0.2, 0) is 0 Å². The van der Waals surface area contributed by atoms with Gasteiger partial charge < -0.3 is 5.73 Å². The molecule has 0 bridgehead atoms. The molecule has 0 aliphatic rings. The third-order valence-electron chi connectivity index (χ3n) is 2.17. The highest BCUT2D eigenvalue weighted by atomic mass is 35.5. The van der Waals surface area contributed by atoms with Crippen LogP contribution in [0.1, 0.15) is 0 Å². The number of anilines is 1. The van der Waals surface area contributed by atoms with E-state index in [1.807, 2.05) is 0 Å². The molecule has 2 aromatic rings. The Kier molecular flexibility index (Phi) is 3.03. The average Bonchev–Trinajstić information content (AvgIpc) is 2.15. The maximum atomic E-state index is 13.6. The molecule has 16 heavy (non-hydrogen) atoms. The van der Waals surface area contributed by atoms with Gasteiger partial charge in [-0.25, -0.2) is 4.39 Å². The first-order valence-corrected chi connectivity index (χ1v) is 5.33. The summed E-state index contributed by atoms with van der Waals surface area (Å²) in [5, 5.41) is 0.942. The van der Waals surface area contributed by atoms with E-state index in [-0.39, 0.29) is 0 Å². The molecule has 0 radical (unpaired) electrons. The van der Waals surface area contributed by atoms with E-state index in [1.165, 1.54) is 6.07 Å². The Morgan fingerprint density at radius 2 is 1.56 bits per heavy atom. The molecule has 0 amide bonds. The number of hydrogen-bond acceptors (Lipinski definition) is 1. The zero-order chi connectivity index (χ0) is 11.7. The molecule has 4 heteroatoms. The molecule has 2 N–H and O–H groups in total. The molecule has 0 atom stereocenters. The normalized spacial score (nSPS) is 10.4. The highest BCUT2D eigenvalue weighted by Gasteiger charge is 2.07. The second-order valence-corrected chi connectivity index (χ2v) is 4.27. The van der Waals surface area contributed by atoms with Crippen molar-refractivity contribution in [3.05, 3.63) is 52.3 Å². The van der Waals surface area contributed by atoms with Crippen molar-refractivity contribution < 1.29 is 4.39 Å². The van der Waals surface area contributed by atoms with Crippen LogP contribution in [0.4, 0.5) is 10.1 Å². The van der Waals surface area contributed by atoms with Crippen molar-refractivity contribution in [2.24, 2.45) is 0 Å². The Bertz CT molecular complexity index is 520. The average molecular weight is 256 g/mol. The summed E-state index contributed by atoms with van der Waals surface area (Å²) in [5.74, 6) is -0.390. The van der Waals surface area contributed by atoms with Crippen molar-refractivity contribution in [3.8, 4) is 11.1 Å². The Hall–Kier alpha value is -1.25. The van der Waals surface area contributed by atoms with Crippen molar-refractivity contribution in [3.63, 3.8) is 0 Å². The molecule has 0 spiro atoms. The molecule has 0 aromatic heterocycles. The number of nitrogen functional groups attached to an aromatic ring is 1. The van der Waals surface area contributed by atoms with Gasteiger partial charge in [-0.15, -0.1) is 0 Å². The fraction of sp³-hybridized carbons (Fsp3) is 0. The summed E-state index contributed by atoms with van der Waals surface area (Å²) in [5.41, 5.74) is 6.92. The van der Waals surface area contributed by atoms with Crippen LogP contribution in [0.25, 0.3) is 11.1 Å². The lowest BCUT2D eigenvalue weighted by Gasteiger charge is -2.05. The molecule has 0 heterocycles. The van der Waals surface area contributed by atoms with Crippen LogP contribution < -0.4 is 5.73 Å². The lowest BCUT2D eigenvalue weighted by atomic mass is 10.0. The van der Waals surface area contributed by atoms with E-state index in [0.717, 1.165) is 0 Å². The summed E-state index contributed by atoms with van der Waals surface area (Å²) in [6.45, 7) is 0. The van der Waals surface area contributed by atoms with E-state index in [1.54, 1.807) is 30.3 Å². The first-order valence-electron chi connectivity index (χ1n) is 4.58. The smallest absolute Gasteiger partial charge is 0.133 e. The van der Waals surface area contributed by atoms with Crippen LogP contribution in [0.3, 0.4) is 0 Å². The van der Waals surface area contributed by atoms with E-state index in [0.29, 0.717) is 26.9 Å². The van der Waals surface area contributed by atoms with Crippen molar-refractivity contribution in [1.29, 1.82) is 0 Å². The Morgan fingerprint density at radius 1 is 0.938 bits per heavy atom. The van der Waals surface area contributed by atoms with E-state index in [2.05, 4.69) is 0 Å². The van der Waals surface area contributed by atoms with Gasteiger partial charge in [0.25, 0.3) is 0 Å². The highest BCUT2D eigenvalue weighted by molar-refractivity contribution is 6.35. The predicted octanol–water partition coefficient (Wildman–Crippen LogP) is 4.38. The first kappa shape index (κ1) is 11.2. The maximum Gasteiger partial charge on any atom is 0.133 e. The summed E-state index contributed by atoms with van der Waals surface area (Å²) in [6.07, 6.45) is 0. The van der Waals surface area contributed by atoms with Gasteiger partial charge in [0.1, 0.15) is 5.82 Å². The van der Waals surface area contributed by atoms with Gasteiger partial charge in [0, 0.05) is 21.3 Å². The molecule has 0 saturated carbocycles. The fourth-order valence-corrected chi connectivity index (χ4v) is 2.00. The van der Waals surface area contributed by atoms with Crippen LogP contribution in [0.15, 0.2) is 36.4 Å². The second-order valence-electron chi connectivity index (χ2n) is 3.40. The number of nitrogens with two attached hydrogens (primary N) is 1. The molecule has 0 unspecified atom stereocenters. The van der Waals surface area contributed by atoms with Gasteiger partial charge in [-0.2, -0.15) is 0 Å². The summed E-state index contributed by atoms with van der Waals surface area (Å²) >= 11 is 11.7. The largest absolute Gasteiger partial charge is 0.399 e. The van der Waals surface area contributed by atoms with Gasteiger partial charge in [-0.3, -0.25) is 0 Å². The first-order chi connectivity index (χ1) is 7.56. The minimum absolute atomic E-state index is 0.384. The van der Waals surface area contributed by atoms with Crippen LogP contribution in [0, 0.1) is 5.82 Å². The lowest BCUT2D eigenvalue weighted by molar-refractivity contribution is 0.632. The van der Waals surface area contributed by atoms with Crippen LogP contribution in [0.2, 0.25) is 10.0 Å². The second kappa shape index (κ2) is 4.32. The maximum absolute atomic E-state index is 13.6.